The van der Waals surface area contributed by atoms with Crippen LogP contribution in [0.3, 0.4) is 0 Å². The summed E-state index contributed by atoms with van der Waals surface area (Å²) in [6.07, 6.45) is 2.50. The van der Waals surface area contributed by atoms with E-state index in [4.69, 9.17) is 17.3 Å². The van der Waals surface area contributed by atoms with Crippen molar-refractivity contribution in [1.29, 1.82) is 0 Å². The molecule has 0 unspecified atom stereocenters. The zero-order valence-electron chi connectivity index (χ0n) is 8.34. The smallest absolute Gasteiger partial charge is 0.150 e. The zero-order chi connectivity index (χ0) is 10.1. The molecule has 1 heterocycles. The first-order chi connectivity index (χ1) is 5.94. The fraction of sp³-hybridized carbons (Fsp3) is 0.667. The Bertz CT molecular complexity index is 286. The van der Waals surface area contributed by atoms with Crippen LogP contribution in [-0.2, 0) is 13.0 Å². The van der Waals surface area contributed by atoms with Gasteiger partial charge in [-0.05, 0) is 20.8 Å². The molecule has 3 nitrogen and oxygen atoms in total. The third-order valence-electron chi connectivity index (χ3n) is 1.86. The Morgan fingerprint density at radius 2 is 2.23 bits per heavy atom. The van der Waals surface area contributed by atoms with Crippen molar-refractivity contribution in [1.82, 2.24) is 9.55 Å². The molecule has 0 spiro atoms. The van der Waals surface area contributed by atoms with E-state index in [-0.39, 0.29) is 5.54 Å². The molecule has 0 aliphatic carbocycles. The van der Waals surface area contributed by atoms with Crippen molar-refractivity contribution in [3.63, 3.8) is 0 Å². The normalized spacial score (nSPS) is 12.1. The van der Waals surface area contributed by atoms with E-state index in [0.717, 1.165) is 18.7 Å². The first-order valence-electron chi connectivity index (χ1n) is 4.42. The topological polar surface area (TPSA) is 43.8 Å². The SMILES string of the molecule is CCn1cnc(Cl)c1CC(C)(C)N. The van der Waals surface area contributed by atoms with Crippen molar-refractivity contribution in [3.05, 3.63) is 17.2 Å². The van der Waals surface area contributed by atoms with Crippen LogP contribution in [0.4, 0.5) is 0 Å². The lowest BCUT2D eigenvalue weighted by atomic mass is 10.0. The van der Waals surface area contributed by atoms with Gasteiger partial charge in [0.15, 0.2) is 0 Å². The molecule has 0 bridgehead atoms. The lowest BCUT2D eigenvalue weighted by Gasteiger charge is -2.19. The summed E-state index contributed by atoms with van der Waals surface area (Å²) in [5, 5.41) is 0.570. The van der Waals surface area contributed by atoms with E-state index >= 15 is 0 Å². The number of nitrogens with two attached hydrogens (primary N) is 1. The van der Waals surface area contributed by atoms with Crippen LogP contribution in [0.2, 0.25) is 5.15 Å². The molecule has 0 saturated heterocycles. The average molecular weight is 202 g/mol. The Balaban J connectivity index is 2.92. The number of hydrogen-bond donors (Lipinski definition) is 1. The first kappa shape index (κ1) is 10.5. The minimum absolute atomic E-state index is 0.239. The van der Waals surface area contributed by atoms with E-state index in [1.165, 1.54) is 0 Å². The minimum Gasteiger partial charge on any atom is -0.333 e. The predicted octanol–water partition coefficient (Wildman–Crippen LogP) is 1.84. The van der Waals surface area contributed by atoms with E-state index in [0.29, 0.717) is 5.15 Å². The highest BCUT2D eigenvalue weighted by molar-refractivity contribution is 6.30. The third-order valence-corrected chi connectivity index (χ3v) is 2.17. The summed E-state index contributed by atoms with van der Waals surface area (Å²) < 4.78 is 2.02. The quantitative estimate of drug-likeness (QED) is 0.811. The van der Waals surface area contributed by atoms with Gasteiger partial charge in [0.25, 0.3) is 0 Å². The van der Waals surface area contributed by atoms with E-state index in [1.807, 2.05) is 18.4 Å². The molecular formula is C9H16ClN3. The van der Waals surface area contributed by atoms with Gasteiger partial charge in [0.05, 0.1) is 12.0 Å². The maximum Gasteiger partial charge on any atom is 0.150 e. The fourth-order valence-corrected chi connectivity index (χ4v) is 1.48. The van der Waals surface area contributed by atoms with Gasteiger partial charge in [-0.2, -0.15) is 0 Å². The van der Waals surface area contributed by atoms with Crippen molar-refractivity contribution >= 4 is 11.6 Å². The zero-order valence-corrected chi connectivity index (χ0v) is 9.10. The molecule has 4 heteroatoms. The number of nitrogens with zero attached hydrogens (tertiary/aromatic N) is 2. The minimum atomic E-state index is -0.239. The van der Waals surface area contributed by atoms with Gasteiger partial charge in [0.1, 0.15) is 5.15 Å². The maximum atomic E-state index is 5.94. The lowest BCUT2D eigenvalue weighted by molar-refractivity contribution is 0.496. The number of halogens is 1. The predicted molar refractivity (Wildman–Crippen MR) is 54.9 cm³/mol. The standard InChI is InChI=1S/C9H16ClN3/c1-4-13-6-12-8(10)7(13)5-9(2,3)11/h6H,4-5,11H2,1-3H3. The van der Waals surface area contributed by atoms with Gasteiger partial charge in [0, 0.05) is 18.5 Å². The van der Waals surface area contributed by atoms with E-state index in [2.05, 4.69) is 11.9 Å². The summed E-state index contributed by atoms with van der Waals surface area (Å²) in [6.45, 7) is 6.91. The fourth-order valence-electron chi connectivity index (χ4n) is 1.26. The van der Waals surface area contributed by atoms with Crippen LogP contribution >= 0.6 is 11.6 Å². The highest BCUT2D eigenvalue weighted by atomic mass is 35.5. The number of aryl methyl sites for hydroxylation is 1. The molecule has 0 aliphatic rings. The Kier molecular flexibility index (Phi) is 2.98. The second-order valence-corrected chi connectivity index (χ2v) is 4.29. The molecule has 0 amide bonds. The highest BCUT2D eigenvalue weighted by Gasteiger charge is 2.17. The maximum absolute atomic E-state index is 5.94. The van der Waals surface area contributed by atoms with Crippen LogP contribution < -0.4 is 5.73 Å². The third kappa shape index (κ3) is 2.71. The molecule has 0 saturated carbocycles. The summed E-state index contributed by atoms with van der Waals surface area (Å²) in [4.78, 5) is 4.04. The van der Waals surface area contributed by atoms with Gasteiger partial charge >= 0.3 is 0 Å². The molecular weight excluding hydrogens is 186 g/mol. The Morgan fingerprint density at radius 3 is 2.69 bits per heavy atom. The summed E-state index contributed by atoms with van der Waals surface area (Å²) >= 11 is 5.94. The number of aromatic nitrogens is 2. The summed E-state index contributed by atoms with van der Waals surface area (Å²) in [6, 6.07) is 0. The average Bonchev–Trinajstić information content (AvgIpc) is 2.30. The largest absolute Gasteiger partial charge is 0.333 e. The van der Waals surface area contributed by atoms with Crippen molar-refractivity contribution in [2.45, 2.75) is 39.3 Å². The van der Waals surface area contributed by atoms with Crippen molar-refractivity contribution in [2.24, 2.45) is 5.73 Å². The molecule has 2 N–H and O–H groups in total. The molecule has 1 aromatic rings. The van der Waals surface area contributed by atoms with Crippen LogP contribution in [0, 0.1) is 0 Å². The highest BCUT2D eigenvalue weighted by Crippen LogP contribution is 2.18. The molecule has 0 fully saturated rings. The Morgan fingerprint density at radius 1 is 1.62 bits per heavy atom. The van der Waals surface area contributed by atoms with Crippen LogP contribution in [0.1, 0.15) is 26.5 Å². The van der Waals surface area contributed by atoms with Gasteiger partial charge in [-0.25, -0.2) is 4.98 Å². The van der Waals surface area contributed by atoms with E-state index in [9.17, 15) is 0 Å². The number of hydrogen-bond acceptors (Lipinski definition) is 2. The van der Waals surface area contributed by atoms with Gasteiger partial charge in [0.2, 0.25) is 0 Å². The monoisotopic (exact) mass is 201 g/mol. The summed E-state index contributed by atoms with van der Waals surface area (Å²) in [5.74, 6) is 0. The summed E-state index contributed by atoms with van der Waals surface area (Å²) in [7, 11) is 0. The van der Waals surface area contributed by atoms with Crippen molar-refractivity contribution in [3.8, 4) is 0 Å². The van der Waals surface area contributed by atoms with E-state index < -0.39 is 0 Å². The van der Waals surface area contributed by atoms with Gasteiger partial charge < -0.3 is 10.3 Å². The Labute approximate surface area is 83.9 Å². The number of rotatable bonds is 3. The molecule has 0 atom stereocenters. The van der Waals surface area contributed by atoms with Gasteiger partial charge in [-0.15, -0.1) is 0 Å². The molecule has 1 rings (SSSR count). The molecule has 13 heavy (non-hydrogen) atoms. The van der Waals surface area contributed by atoms with Crippen molar-refractivity contribution < 1.29 is 0 Å². The molecule has 0 aliphatic heterocycles. The van der Waals surface area contributed by atoms with Crippen LogP contribution in [0.15, 0.2) is 6.33 Å². The molecule has 1 aromatic heterocycles. The second-order valence-electron chi connectivity index (χ2n) is 3.93. The van der Waals surface area contributed by atoms with Gasteiger partial charge in [-0.1, -0.05) is 11.6 Å². The van der Waals surface area contributed by atoms with Crippen molar-refractivity contribution in [2.75, 3.05) is 0 Å². The second kappa shape index (κ2) is 3.68. The van der Waals surface area contributed by atoms with Crippen LogP contribution in [-0.4, -0.2) is 15.1 Å². The molecule has 0 radical (unpaired) electrons. The van der Waals surface area contributed by atoms with Gasteiger partial charge in [-0.3, -0.25) is 0 Å². The lowest BCUT2D eigenvalue weighted by Crippen LogP contribution is -2.35. The first-order valence-corrected chi connectivity index (χ1v) is 4.80. The van der Waals surface area contributed by atoms with E-state index in [1.54, 1.807) is 6.33 Å². The molecule has 0 aromatic carbocycles. The van der Waals surface area contributed by atoms with Crippen LogP contribution in [0.25, 0.3) is 0 Å². The van der Waals surface area contributed by atoms with Crippen LogP contribution in [0.5, 0.6) is 0 Å². The summed E-state index contributed by atoms with van der Waals surface area (Å²) in [5.41, 5.74) is 6.70. The molecule has 74 valence electrons. The number of imidazole rings is 1. The Hall–Kier alpha value is -0.540.